The van der Waals surface area contributed by atoms with Gasteiger partial charge in [0.2, 0.25) is 0 Å². The Morgan fingerprint density at radius 2 is 1.13 bits per heavy atom. The Bertz CT molecular complexity index is 1440. The minimum atomic E-state index is -1.97. The molecular formula is C28H22N2Si. The SMILES string of the molecule is C[Si]1(C)c2cc3ccccc3cc2-c2nc(-c3ccccc3)nc(-c3ccccc3)c21. The third-order valence-corrected chi connectivity index (χ3v) is 9.91. The van der Waals surface area contributed by atoms with Gasteiger partial charge in [0, 0.05) is 16.7 Å². The quantitative estimate of drug-likeness (QED) is 0.343. The molecule has 0 saturated carbocycles. The van der Waals surface area contributed by atoms with Gasteiger partial charge < -0.3 is 0 Å². The molecule has 0 N–H and O–H groups in total. The lowest BCUT2D eigenvalue weighted by Gasteiger charge is -2.22. The number of benzene rings is 4. The maximum atomic E-state index is 5.18. The summed E-state index contributed by atoms with van der Waals surface area (Å²) >= 11 is 0. The summed E-state index contributed by atoms with van der Waals surface area (Å²) in [7, 11) is -1.97. The molecule has 0 atom stereocenters. The van der Waals surface area contributed by atoms with Crippen molar-refractivity contribution in [2.75, 3.05) is 0 Å². The van der Waals surface area contributed by atoms with Crippen LogP contribution < -0.4 is 10.4 Å². The van der Waals surface area contributed by atoms with Crippen LogP contribution in [0, 0.1) is 0 Å². The van der Waals surface area contributed by atoms with E-state index in [0.717, 1.165) is 28.3 Å². The van der Waals surface area contributed by atoms with E-state index in [9.17, 15) is 0 Å². The zero-order chi connectivity index (χ0) is 21.0. The van der Waals surface area contributed by atoms with Crippen molar-refractivity contribution in [1.82, 2.24) is 9.97 Å². The van der Waals surface area contributed by atoms with Crippen molar-refractivity contribution in [2.45, 2.75) is 13.1 Å². The second-order valence-corrected chi connectivity index (χ2v) is 13.0. The van der Waals surface area contributed by atoms with E-state index < -0.39 is 8.07 Å². The molecule has 0 fully saturated rings. The van der Waals surface area contributed by atoms with Crippen LogP contribution in [-0.2, 0) is 0 Å². The largest absolute Gasteiger partial charge is 0.228 e. The lowest BCUT2D eigenvalue weighted by Crippen LogP contribution is -2.50. The normalized spacial score (nSPS) is 13.7. The molecule has 0 aliphatic carbocycles. The highest BCUT2D eigenvalue weighted by Crippen LogP contribution is 2.35. The summed E-state index contributed by atoms with van der Waals surface area (Å²) in [5.74, 6) is 0.795. The van der Waals surface area contributed by atoms with Crippen LogP contribution in [0.2, 0.25) is 13.1 Å². The fraction of sp³-hybridized carbons (Fsp3) is 0.0714. The molecule has 5 aromatic rings. The van der Waals surface area contributed by atoms with Crippen LogP contribution >= 0.6 is 0 Å². The molecule has 2 heterocycles. The van der Waals surface area contributed by atoms with Crippen LogP contribution in [0.15, 0.2) is 97.1 Å². The van der Waals surface area contributed by atoms with Crippen LogP contribution in [0.5, 0.6) is 0 Å². The summed E-state index contributed by atoms with van der Waals surface area (Å²) < 4.78 is 0. The molecule has 0 saturated heterocycles. The fourth-order valence-corrected chi connectivity index (χ4v) is 8.08. The van der Waals surface area contributed by atoms with Crippen molar-refractivity contribution in [1.29, 1.82) is 0 Å². The van der Waals surface area contributed by atoms with E-state index in [4.69, 9.17) is 9.97 Å². The molecule has 0 spiro atoms. The third-order valence-electron chi connectivity index (χ3n) is 6.43. The Kier molecular flexibility index (Phi) is 3.95. The molecule has 3 heteroatoms. The summed E-state index contributed by atoms with van der Waals surface area (Å²) in [6.45, 7) is 4.87. The first kappa shape index (κ1) is 18.2. The van der Waals surface area contributed by atoms with E-state index >= 15 is 0 Å². The van der Waals surface area contributed by atoms with Gasteiger partial charge in [-0.3, -0.25) is 0 Å². The predicted octanol–water partition coefficient (Wildman–Crippen LogP) is 5.77. The predicted molar refractivity (Wildman–Crippen MR) is 133 cm³/mol. The van der Waals surface area contributed by atoms with Crippen molar-refractivity contribution in [3.63, 3.8) is 0 Å². The van der Waals surface area contributed by atoms with Crippen LogP contribution in [0.25, 0.3) is 44.7 Å². The summed E-state index contributed by atoms with van der Waals surface area (Å²) in [4.78, 5) is 10.3. The smallest absolute Gasteiger partial charge is 0.160 e. The Labute approximate surface area is 183 Å². The summed E-state index contributed by atoms with van der Waals surface area (Å²) in [6, 6.07) is 34.3. The average molecular weight is 415 g/mol. The second kappa shape index (κ2) is 6.72. The number of nitrogens with zero attached hydrogens (tertiary/aromatic N) is 2. The van der Waals surface area contributed by atoms with Gasteiger partial charge in [0.05, 0.1) is 11.4 Å². The van der Waals surface area contributed by atoms with Crippen molar-refractivity contribution in [2.24, 2.45) is 0 Å². The van der Waals surface area contributed by atoms with Gasteiger partial charge in [-0.1, -0.05) is 104 Å². The van der Waals surface area contributed by atoms with Crippen molar-refractivity contribution >= 4 is 29.2 Å². The first-order valence-corrected chi connectivity index (χ1v) is 13.7. The summed E-state index contributed by atoms with van der Waals surface area (Å²) in [5.41, 5.74) is 5.70. The fourth-order valence-electron chi connectivity index (χ4n) is 4.86. The molecule has 31 heavy (non-hydrogen) atoms. The molecular weight excluding hydrogens is 392 g/mol. The summed E-state index contributed by atoms with van der Waals surface area (Å²) in [5, 5.41) is 5.37. The van der Waals surface area contributed by atoms with Crippen molar-refractivity contribution < 1.29 is 0 Å². The number of aromatic nitrogens is 2. The van der Waals surface area contributed by atoms with Gasteiger partial charge in [0.15, 0.2) is 5.82 Å². The molecule has 1 aliphatic heterocycles. The lowest BCUT2D eigenvalue weighted by atomic mass is 10.0. The third kappa shape index (κ3) is 2.77. The Balaban J connectivity index is 1.72. The highest BCUT2D eigenvalue weighted by atomic mass is 28.3. The molecule has 0 unspecified atom stereocenters. The molecule has 2 nitrogen and oxygen atoms in total. The van der Waals surface area contributed by atoms with Gasteiger partial charge in [-0.05, 0) is 27.2 Å². The van der Waals surface area contributed by atoms with Gasteiger partial charge in [-0.15, -0.1) is 0 Å². The highest BCUT2D eigenvalue weighted by Gasteiger charge is 2.42. The molecule has 148 valence electrons. The van der Waals surface area contributed by atoms with Crippen LogP contribution in [0.4, 0.5) is 0 Å². The van der Waals surface area contributed by atoms with Crippen LogP contribution in [0.1, 0.15) is 0 Å². The number of hydrogen-bond acceptors (Lipinski definition) is 2. The van der Waals surface area contributed by atoms with E-state index in [1.54, 1.807) is 0 Å². The molecule has 1 aliphatic rings. The average Bonchev–Trinajstić information content (AvgIpc) is 3.04. The van der Waals surface area contributed by atoms with Gasteiger partial charge in [0.1, 0.15) is 8.07 Å². The lowest BCUT2D eigenvalue weighted by molar-refractivity contribution is 1.20. The maximum Gasteiger partial charge on any atom is 0.160 e. The zero-order valence-corrected chi connectivity index (χ0v) is 18.6. The molecule has 4 aromatic carbocycles. The maximum absolute atomic E-state index is 5.18. The van der Waals surface area contributed by atoms with Gasteiger partial charge >= 0.3 is 0 Å². The first-order valence-electron chi connectivity index (χ1n) is 10.7. The second-order valence-electron chi connectivity index (χ2n) is 8.72. The van der Waals surface area contributed by atoms with Gasteiger partial charge in [-0.2, -0.15) is 0 Å². The van der Waals surface area contributed by atoms with E-state index in [0.29, 0.717) is 0 Å². The Hall–Kier alpha value is -3.56. The van der Waals surface area contributed by atoms with E-state index in [1.807, 2.05) is 18.2 Å². The monoisotopic (exact) mass is 414 g/mol. The molecule has 1 aromatic heterocycles. The highest BCUT2D eigenvalue weighted by molar-refractivity contribution is 7.04. The van der Waals surface area contributed by atoms with Crippen LogP contribution in [0.3, 0.4) is 0 Å². The van der Waals surface area contributed by atoms with Crippen molar-refractivity contribution in [3.8, 4) is 33.9 Å². The minimum Gasteiger partial charge on any atom is -0.228 e. The number of hydrogen-bond donors (Lipinski definition) is 0. The van der Waals surface area contributed by atoms with Crippen LogP contribution in [-0.4, -0.2) is 18.0 Å². The Morgan fingerprint density at radius 3 is 1.81 bits per heavy atom. The van der Waals surface area contributed by atoms with E-state index in [1.165, 1.54) is 26.7 Å². The molecule has 0 radical (unpaired) electrons. The molecule has 0 amide bonds. The van der Waals surface area contributed by atoms with Crippen molar-refractivity contribution in [3.05, 3.63) is 97.1 Å². The van der Waals surface area contributed by atoms with Gasteiger partial charge in [0.25, 0.3) is 0 Å². The van der Waals surface area contributed by atoms with E-state index in [2.05, 4.69) is 92.0 Å². The van der Waals surface area contributed by atoms with Gasteiger partial charge in [-0.25, -0.2) is 9.97 Å². The summed E-state index contributed by atoms with van der Waals surface area (Å²) in [6.07, 6.45) is 0. The standard InChI is InChI=1S/C28H22N2Si/c1-31(2)24-18-22-16-10-9-15-21(22)17-23(24)26-27(31)25(19-11-5-3-6-12-19)29-28(30-26)20-13-7-4-8-14-20/h3-18H,1-2H3. The first-order chi connectivity index (χ1) is 15.1. The number of rotatable bonds is 2. The minimum absolute atomic E-state index is 0.795. The zero-order valence-electron chi connectivity index (χ0n) is 17.6. The number of fused-ring (bicyclic) bond motifs is 4. The topological polar surface area (TPSA) is 25.8 Å². The molecule has 6 rings (SSSR count). The van der Waals surface area contributed by atoms with E-state index in [-0.39, 0.29) is 0 Å². The molecule has 0 bridgehead atoms. The Morgan fingerprint density at radius 1 is 0.581 bits per heavy atom.